The Labute approximate surface area is 120 Å². The van der Waals surface area contributed by atoms with Gasteiger partial charge < -0.3 is 11.1 Å². The van der Waals surface area contributed by atoms with Crippen molar-refractivity contribution in [3.63, 3.8) is 0 Å². The highest BCUT2D eigenvalue weighted by Gasteiger charge is 2.51. The zero-order valence-electron chi connectivity index (χ0n) is 12.0. The van der Waals surface area contributed by atoms with Gasteiger partial charge in [0.1, 0.15) is 0 Å². The van der Waals surface area contributed by atoms with E-state index in [9.17, 15) is 4.79 Å². The summed E-state index contributed by atoms with van der Waals surface area (Å²) in [5, 5.41) is 3.30. The van der Waals surface area contributed by atoms with Crippen LogP contribution < -0.4 is 11.1 Å². The van der Waals surface area contributed by atoms with Crippen LogP contribution in [-0.4, -0.2) is 18.5 Å². The molecule has 2 saturated carbocycles. The molecule has 0 heterocycles. The van der Waals surface area contributed by atoms with E-state index in [4.69, 9.17) is 5.73 Å². The molecule has 0 saturated heterocycles. The molecule has 1 aromatic carbocycles. The molecule has 1 amide bonds. The lowest BCUT2D eigenvalue weighted by molar-refractivity contribution is -0.124. The second-order valence-electron chi connectivity index (χ2n) is 6.31. The summed E-state index contributed by atoms with van der Waals surface area (Å²) in [5.41, 5.74) is 6.77. The Bertz CT molecular complexity index is 467. The Balaban J connectivity index is 1.70. The molecule has 2 aliphatic rings. The number of hydrogen-bond acceptors (Lipinski definition) is 2. The van der Waals surface area contributed by atoms with Gasteiger partial charge in [-0.05, 0) is 43.7 Å². The maximum Gasteiger partial charge on any atom is 0.230 e. The number of nitrogens with one attached hydrogen (secondary N) is 1. The van der Waals surface area contributed by atoms with Crippen molar-refractivity contribution >= 4 is 5.91 Å². The summed E-state index contributed by atoms with van der Waals surface area (Å²) in [4.78, 5) is 12.7. The molecular formula is C17H24N2O. The van der Waals surface area contributed by atoms with Gasteiger partial charge in [-0.15, -0.1) is 0 Å². The van der Waals surface area contributed by atoms with E-state index in [2.05, 4.69) is 17.4 Å². The molecule has 0 radical (unpaired) electrons. The first-order chi connectivity index (χ1) is 9.76. The molecule has 2 unspecified atom stereocenters. The summed E-state index contributed by atoms with van der Waals surface area (Å²) >= 11 is 0. The van der Waals surface area contributed by atoms with Crippen molar-refractivity contribution in [3.8, 4) is 0 Å². The largest absolute Gasteiger partial charge is 0.352 e. The van der Waals surface area contributed by atoms with Crippen molar-refractivity contribution in [2.75, 3.05) is 6.54 Å². The highest BCUT2D eigenvalue weighted by Crippen LogP contribution is 2.48. The first-order valence-electron chi connectivity index (χ1n) is 7.83. The third kappa shape index (κ3) is 2.47. The van der Waals surface area contributed by atoms with Crippen LogP contribution in [0.1, 0.15) is 44.1 Å². The molecule has 0 aliphatic heterocycles. The Kier molecular flexibility index (Phi) is 3.79. The van der Waals surface area contributed by atoms with Gasteiger partial charge in [-0.1, -0.05) is 43.2 Å². The van der Waals surface area contributed by atoms with Gasteiger partial charge in [-0.25, -0.2) is 0 Å². The Morgan fingerprint density at radius 1 is 1.20 bits per heavy atom. The first kappa shape index (κ1) is 13.6. The lowest BCUT2D eigenvalue weighted by atomic mass is 9.83. The van der Waals surface area contributed by atoms with E-state index in [0.29, 0.717) is 12.5 Å². The van der Waals surface area contributed by atoms with E-state index in [1.807, 2.05) is 18.2 Å². The van der Waals surface area contributed by atoms with E-state index in [1.54, 1.807) is 0 Å². The lowest BCUT2D eigenvalue weighted by Gasteiger charge is -2.32. The topological polar surface area (TPSA) is 55.1 Å². The van der Waals surface area contributed by atoms with Gasteiger partial charge in [0.05, 0.1) is 5.41 Å². The molecule has 3 heteroatoms. The average Bonchev–Trinajstić information content (AvgIpc) is 3.30. The number of carbonyl (C=O) groups is 1. The molecular weight excluding hydrogens is 248 g/mol. The molecule has 2 fully saturated rings. The second kappa shape index (κ2) is 5.57. The van der Waals surface area contributed by atoms with E-state index in [1.165, 1.54) is 12.8 Å². The fraction of sp³-hybridized carbons (Fsp3) is 0.588. The van der Waals surface area contributed by atoms with Crippen molar-refractivity contribution in [2.24, 2.45) is 11.7 Å². The van der Waals surface area contributed by atoms with Crippen molar-refractivity contribution in [1.82, 2.24) is 5.32 Å². The van der Waals surface area contributed by atoms with Crippen molar-refractivity contribution in [1.29, 1.82) is 0 Å². The van der Waals surface area contributed by atoms with E-state index in [0.717, 1.165) is 31.2 Å². The molecule has 108 valence electrons. The van der Waals surface area contributed by atoms with Crippen LogP contribution in [0.4, 0.5) is 0 Å². The van der Waals surface area contributed by atoms with Gasteiger partial charge in [0.15, 0.2) is 0 Å². The molecule has 3 N–H and O–H groups in total. The smallest absolute Gasteiger partial charge is 0.230 e. The molecule has 1 aromatic rings. The van der Waals surface area contributed by atoms with E-state index >= 15 is 0 Å². The van der Waals surface area contributed by atoms with Crippen molar-refractivity contribution in [3.05, 3.63) is 35.9 Å². The van der Waals surface area contributed by atoms with Crippen LogP contribution in [0.5, 0.6) is 0 Å². The van der Waals surface area contributed by atoms with E-state index in [-0.39, 0.29) is 17.4 Å². The minimum Gasteiger partial charge on any atom is -0.352 e. The fourth-order valence-corrected chi connectivity index (χ4v) is 3.52. The maximum absolute atomic E-state index is 12.7. The lowest BCUT2D eigenvalue weighted by Crippen LogP contribution is -2.48. The van der Waals surface area contributed by atoms with Crippen LogP contribution in [0, 0.1) is 5.92 Å². The summed E-state index contributed by atoms with van der Waals surface area (Å²) in [5.74, 6) is 0.674. The van der Waals surface area contributed by atoms with Gasteiger partial charge in [0, 0.05) is 6.04 Å². The Morgan fingerprint density at radius 3 is 2.55 bits per heavy atom. The zero-order chi connectivity index (χ0) is 14.0. The molecule has 20 heavy (non-hydrogen) atoms. The standard InChI is InChI=1S/C17H24N2O/c18-12-13-6-4-5-9-15(13)19-16(20)17(10-11-17)14-7-2-1-3-8-14/h1-3,7-8,13,15H,4-6,9-12,18H2,(H,19,20). The number of benzene rings is 1. The summed E-state index contributed by atoms with van der Waals surface area (Å²) in [6.07, 6.45) is 6.64. The second-order valence-corrected chi connectivity index (χ2v) is 6.31. The molecule has 3 rings (SSSR count). The normalized spacial score (nSPS) is 27.9. The van der Waals surface area contributed by atoms with Crippen LogP contribution in [0.3, 0.4) is 0 Å². The third-order valence-corrected chi connectivity index (χ3v) is 5.04. The van der Waals surface area contributed by atoms with Gasteiger partial charge in [-0.3, -0.25) is 4.79 Å². The predicted molar refractivity (Wildman–Crippen MR) is 80.3 cm³/mol. The van der Waals surface area contributed by atoms with Crippen LogP contribution in [0.15, 0.2) is 30.3 Å². The maximum atomic E-state index is 12.7. The summed E-state index contributed by atoms with van der Waals surface area (Å²) < 4.78 is 0. The summed E-state index contributed by atoms with van der Waals surface area (Å²) in [6, 6.07) is 10.5. The van der Waals surface area contributed by atoms with Gasteiger partial charge in [0.25, 0.3) is 0 Å². The van der Waals surface area contributed by atoms with Crippen LogP contribution in [-0.2, 0) is 10.2 Å². The predicted octanol–water partition coefficient (Wildman–Crippen LogP) is 2.35. The van der Waals surface area contributed by atoms with Crippen LogP contribution >= 0.6 is 0 Å². The van der Waals surface area contributed by atoms with Crippen LogP contribution in [0.2, 0.25) is 0 Å². The molecule has 2 atom stereocenters. The van der Waals surface area contributed by atoms with Crippen molar-refractivity contribution < 1.29 is 4.79 Å². The SMILES string of the molecule is NCC1CCCCC1NC(=O)C1(c2ccccc2)CC1. The fourth-order valence-electron chi connectivity index (χ4n) is 3.52. The highest BCUT2D eigenvalue weighted by atomic mass is 16.2. The molecule has 2 aliphatic carbocycles. The summed E-state index contributed by atoms with van der Waals surface area (Å²) in [6.45, 7) is 0.684. The van der Waals surface area contributed by atoms with Gasteiger partial charge >= 0.3 is 0 Å². The highest BCUT2D eigenvalue weighted by molar-refractivity contribution is 5.91. The Morgan fingerprint density at radius 2 is 1.90 bits per heavy atom. The zero-order valence-corrected chi connectivity index (χ0v) is 12.0. The third-order valence-electron chi connectivity index (χ3n) is 5.04. The Hall–Kier alpha value is -1.35. The average molecular weight is 272 g/mol. The minimum absolute atomic E-state index is 0.217. The number of nitrogens with two attached hydrogens (primary N) is 1. The number of hydrogen-bond donors (Lipinski definition) is 2. The number of rotatable bonds is 4. The minimum atomic E-state index is -0.252. The van der Waals surface area contributed by atoms with Crippen LogP contribution in [0.25, 0.3) is 0 Å². The molecule has 0 bridgehead atoms. The number of amides is 1. The van der Waals surface area contributed by atoms with Gasteiger partial charge in [-0.2, -0.15) is 0 Å². The summed E-state index contributed by atoms with van der Waals surface area (Å²) in [7, 11) is 0. The molecule has 0 aromatic heterocycles. The molecule has 3 nitrogen and oxygen atoms in total. The quantitative estimate of drug-likeness (QED) is 0.884. The van der Waals surface area contributed by atoms with E-state index < -0.39 is 0 Å². The van der Waals surface area contributed by atoms with Gasteiger partial charge in [0.2, 0.25) is 5.91 Å². The number of carbonyl (C=O) groups excluding carboxylic acids is 1. The monoisotopic (exact) mass is 272 g/mol. The molecule has 0 spiro atoms. The van der Waals surface area contributed by atoms with Crippen molar-refractivity contribution in [2.45, 2.75) is 50.0 Å². The first-order valence-corrected chi connectivity index (χ1v) is 7.83.